The lowest BCUT2D eigenvalue weighted by molar-refractivity contribution is -0.139. The average Bonchev–Trinajstić information content (AvgIpc) is 3.47. The van der Waals surface area contributed by atoms with Gasteiger partial charge in [-0.15, -0.1) is 0 Å². The third-order valence-corrected chi connectivity index (χ3v) is 11.1. The second-order valence-electron chi connectivity index (χ2n) is 14.4. The molecular weight excluding hydrogens is 630 g/mol. The summed E-state index contributed by atoms with van der Waals surface area (Å²) >= 11 is 0. The van der Waals surface area contributed by atoms with Crippen LogP contribution in [-0.2, 0) is 9.59 Å². The maximum atomic E-state index is 14.8. The number of amides is 2. The summed E-state index contributed by atoms with van der Waals surface area (Å²) in [6.45, 7) is 6.75. The van der Waals surface area contributed by atoms with Crippen LogP contribution in [0.25, 0.3) is 11.2 Å². The molecule has 1 aromatic carbocycles. The van der Waals surface area contributed by atoms with Gasteiger partial charge in [0.1, 0.15) is 17.2 Å². The van der Waals surface area contributed by atoms with E-state index in [0.29, 0.717) is 23.1 Å². The van der Waals surface area contributed by atoms with Crippen molar-refractivity contribution in [3.05, 3.63) is 36.0 Å². The molecule has 2 saturated carbocycles. The van der Waals surface area contributed by atoms with Gasteiger partial charge in [-0.05, 0) is 77.6 Å². The highest BCUT2D eigenvalue weighted by molar-refractivity contribution is 5.80. The summed E-state index contributed by atoms with van der Waals surface area (Å²) in [5, 5.41) is 6.61. The van der Waals surface area contributed by atoms with Crippen LogP contribution in [-0.4, -0.2) is 123 Å². The van der Waals surface area contributed by atoms with Crippen LogP contribution in [0.3, 0.4) is 0 Å². The van der Waals surface area contributed by atoms with Crippen molar-refractivity contribution in [3.63, 3.8) is 0 Å². The third-order valence-electron chi connectivity index (χ3n) is 11.1. The van der Waals surface area contributed by atoms with Crippen molar-refractivity contribution in [2.24, 2.45) is 11.8 Å². The van der Waals surface area contributed by atoms with E-state index >= 15 is 0 Å². The molecule has 12 nitrogen and oxygen atoms in total. The molecule has 0 unspecified atom stereocenters. The number of benzene rings is 1. The number of hydrogen-bond acceptors (Lipinski definition) is 9. The molecule has 0 atom stereocenters. The number of carbonyl (C=O) groups is 2. The predicted molar refractivity (Wildman–Crippen MR) is 183 cm³/mol. The van der Waals surface area contributed by atoms with Crippen LogP contribution in [0.4, 0.5) is 26.4 Å². The molecule has 2 amide bonds. The second kappa shape index (κ2) is 14.5. The number of piperazine rings is 2. The Bertz CT molecular complexity index is 1640. The fourth-order valence-corrected chi connectivity index (χ4v) is 7.92. The Hall–Kier alpha value is -3.91. The maximum absolute atomic E-state index is 14.8. The second-order valence-corrected chi connectivity index (χ2v) is 14.4. The minimum Gasteiger partial charge on any atom is -0.351 e. The van der Waals surface area contributed by atoms with Gasteiger partial charge < -0.3 is 30.2 Å². The predicted octanol–water partition coefficient (Wildman–Crippen LogP) is 4.10. The molecule has 4 heterocycles. The van der Waals surface area contributed by atoms with Gasteiger partial charge in [-0.3, -0.25) is 14.2 Å². The SMILES string of the molecule is CN1CCN(C(=O)C2CCC(Nc3ncc4nc(Nc5ccc(F)cc5F)n(C5CCC(C(=O)N6CCN(C)CC6)CC5)c4n3)CC2)CC1. The number of rotatable bonds is 7. The van der Waals surface area contributed by atoms with Gasteiger partial charge in [0.2, 0.25) is 23.7 Å². The van der Waals surface area contributed by atoms with E-state index in [1.54, 1.807) is 6.20 Å². The molecule has 2 N–H and O–H groups in total. The zero-order valence-corrected chi connectivity index (χ0v) is 28.6. The summed E-state index contributed by atoms with van der Waals surface area (Å²) in [6, 6.07) is 3.55. The zero-order valence-electron chi connectivity index (χ0n) is 28.6. The summed E-state index contributed by atoms with van der Waals surface area (Å²) in [7, 11) is 4.18. The van der Waals surface area contributed by atoms with Gasteiger partial charge in [0, 0.05) is 82.3 Å². The summed E-state index contributed by atoms with van der Waals surface area (Å²) in [4.78, 5) is 49.3. The Morgan fingerprint density at radius 1 is 0.755 bits per heavy atom. The van der Waals surface area contributed by atoms with Gasteiger partial charge >= 0.3 is 0 Å². The summed E-state index contributed by atoms with van der Waals surface area (Å²) in [5.41, 5.74) is 1.30. The van der Waals surface area contributed by atoms with Gasteiger partial charge in [-0.2, -0.15) is 4.98 Å². The van der Waals surface area contributed by atoms with Crippen molar-refractivity contribution < 1.29 is 18.4 Å². The number of nitrogens with one attached hydrogen (secondary N) is 2. The summed E-state index contributed by atoms with van der Waals surface area (Å²) in [5.74, 6) is 0.0860. The van der Waals surface area contributed by atoms with E-state index in [1.165, 1.54) is 12.1 Å². The van der Waals surface area contributed by atoms with Gasteiger partial charge in [-0.1, -0.05) is 0 Å². The van der Waals surface area contributed by atoms with Gasteiger partial charge in [0.15, 0.2) is 5.65 Å². The van der Waals surface area contributed by atoms with Gasteiger partial charge in [0.05, 0.1) is 11.9 Å². The van der Waals surface area contributed by atoms with Gasteiger partial charge in [-0.25, -0.2) is 18.7 Å². The maximum Gasteiger partial charge on any atom is 0.225 e. The van der Waals surface area contributed by atoms with E-state index in [9.17, 15) is 18.4 Å². The lowest BCUT2D eigenvalue weighted by Crippen LogP contribution is -2.49. The van der Waals surface area contributed by atoms with E-state index < -0.39 is 11.6 Å². The largest absolute Gasteiger partial charge is 0.351 e. The first-order valence-corrected chi connectivity index (χ1v) is 17.9. The third kappa shape index (κ3) is 7.49. The number of carbonyl (C=O) groups excluding carboxylic acids is 2. The van der Waals surface area contributed by atoms with Crippen molar-refractivity contribution >= 4 is 40.6 Å². The highest BCUT2D eigenvalue weighted by Gasteiger charge is 2.34. The van der Waals surface area contributed by atoms with E-state index in [0.717, 1.165) is 110 Å². The first kappa shape index (κ1) is 33.6. The van der Waals surface area contributed by atoms with Crippen molar-refractivity contribution in [2.75, 3.05) is 77.1 Å². The molecule has 4 aliphatic rings. The molecule has 264 valence electrons. The minimum absolute atomic E-state index is 0.0219. The molecule has 2 aliphatic heterocycles. The molecule has 7 rings (SSSR count). The number of imidazole rings is 1. The van der Waals surface area contributed by atoms with Crippen LogP contribution < -0.4 is 10.6 Å². The zero-order chi connectivity index (χ0) is 34.1. The smallest absolute Gasteiger partial charge is 0.225 e. The summed E-state index contributed by atoms with van der Waals surface area (Å²) in [6.07, 6.45) is 8.02. The number of halogens is 2. The Balaban J connectivity index is 1.06. The summed E-state index contributed by atoms with van der Waals surface area (Å²) < 4.78 is 30.5. The highest BCUT2D eigenvalue weighted by atomic mass is 19.1. The van der Waals surface area contributed by atoms with Crippen molar-refractivity contribution in [1.82, 2.24) is 39.1 Å². The molecule has 14 heteroatoms. The molecule has 2 aromatic heterocycles. The Morgan fingerprint density at radius 2 is 1.33 bits per heavy atom. The highest BCUT2D eigenvalue weighted by Crippen LogP contribution is 2.38. The fourth-order valence-electron chi connectivity index (χ4n) is 7.92. The molecular formula is C35H48F2N10O2. The lowest BCUT2D eigenvalue weighted by Gasteiger charge is -2.37. The number of anilines is 3. The van der Waals surface area contributed by atoms with Crippen LogP contribution in [0.15, 0.2) is 24.4 Å². The lowest BCUT2D eigenvalue weighted by atomic mass is 9.85. The fraction of sp³-hybridized carbons (Fsp3) is 0.629. The Morgan fingerprint density at radius 3 is 1.90 bits per heavy atom. The van der Waals surface area contributed by atoms with E-state index in [4.69, 9.17) is 9.97 Å². The quantitative estimate of drug-likeness (QED) is 0.382. The number of hydrogen-bond donors (Lipinski definition) is 2. The number of likely N-dealkylation sites (N-methyl/N-ethyl adjacent to an activating group) is 2. The van der Waals surface area contributed by atoms with E-state index in [-0.39, 0.29) is 41.4 Å². The molecule has 2 saturated heterocycles. The normalized spacial score (nSPS) is 25.8. The van der Waals surface area contributed by atoms with E-state index in [2.05, 4.69) is 39.5 Å². The van der Waals surface area contributed by atoms with E-state index in [1.807, 2.05) is 14.4 Å². The molecule has 0 bridgehead atoms. The monoisotopic (exact) mass is 678 g/mol. The molecule has 2 aliphatic carbocycles. The minimum atomic E-state index is -0.713. The molecule has 3 aromatic rings. The average molecular weight is 679 g/mol. The number of nitrogens with zero attached hydrogens (tertiary/aromatic N) is 8. The first-order valence-electron chi connectivity index (χ1n) is 17.9. The van der Waals surface area contributed by atoms with Crippen LogP contribution in [0.2, 0.25) is 0 Å². The van der Waals surface area contributed by atoms with Crippen LogP contribution in [0, 0.1) is 23.5 Å². The molecule has 0 spiro atoms. The van der Waals surface area contributed by atoms with Crippen LogP contribution in [0.1, 0.15) is 57.4 Å². The van der Waals surface area contributed by atoms with Crippen molar-refractivity contribution in [2.45, 2.75) is 63.5 Å². The molecule has 4 fully saturated rings. The first-order chi connectivity index (χ1) is 23.7. The standard InChI is InChI=1S/C35H48F2N10O2/c1-43-13-17-45(18-14-43)32(48)23-3-8-26(9-4-23)39-34-38-22-30-31(42-34)47(35(41-30)40-29-12-7-25(36)21-28(29)37)27-10-5-24(6-11-27)33(49)46-19-15-44(2)16-20-46/h7,12,21-24,26-27H,3-6,8-11,13-20H2,1-2H3,(H,40,41)(H,38,39,42). The molecule has 0 radical (unpaired) electrons. The van der Waals surface area contributed by atoms with Crippen molar-refractivity contribution in [3.8, 4) is 0 Å². The molecule has 49 heavy (non-hydrogen) atoms. The number of aromatic nitrogens is 4. The van der Waals surface area contributed by atoms with Crippen molar-refractivity contribution in [1.29, 1.82) is 0 Å². The Kier molecular flexibility index (Phi) is 9.95. The van der Waals surface area contributed by atoms with Crippen LogP contribution >= 0.6 is 0 Å². The topological polar surface area (TPSA) is 115 Å². The van der Waals surface area contributed by atoms with Gasteiger partial charge in [0.25, 0.3) is 0 Å². The number of fused-ring (bicyclic) bond motifs is 1. The Labute approximate surface area is 286 Å². The van der Waals surface area contributed by atoms with Crippen LogP contribution in [0.5, 0.6) is 0 Å².